The predicted molar refractivity (Wildman–Crippen MR) is 71.1 cm³/mol. The summed E-state index contributed by atoms with van der Waals surface area (Å²) in [4.78, 5) is 14.1. The lowest BCUT2D eigenvalue weighted by atomic mass is 10.2. The van der Waals surface area contributed by atoms with Crippen LogP contribution in [-0.2, 0) is 12.8 Å². The molecule has 5 nitrogen and oxygen atoms in total. The summed E-state index contributed by atoms with van der Waals surface area (Å²) in [6.07, 6.45) is 9.34. The van der Waals surface area contributed by atoms with E-state index in [0.29, 0.717) is 6.54 Å². The summed E-state index contributed by atoms with van der Waals surface area (Å²) in [6, 6.07) is 6.06. The van der Waals surface area contributed by atoms with Gasteiger partial charge in [-0.2, -0.15) is 5.11 Å². The van der Waals surface area contributed by atoms with Crippen LogP contribution in [-0.4, -0.2) is 11.5 Å². The largest absolute Gasteiger partial charge is 0.258 e. The van der Waals surface area contributed by atoms with E-state index in [0.717, 1.165) is 24.2 Å². The fraction of sp³-hybridized carbons (Fsp3) is 0.308. The van der Waals surface area contributed by atoms with E-state index < -0.39 is 0 Å². The standard InChI is InChI=1S/C13H16N4O/c1-2-12-9-7-10-13(15-12)8-5-3-4-6-11-14-16-17-18/h3-7,9-10H,2,8,11H2,1H3/b5-3+,6-4+,16-14?. The first-order valence-corrected chi connectivity index (χ1v) is 5.82. The Kier molecular flexibility index (Phi) is 6.89. The first-order valence-electron chi connectivity index (χ1n) is 5.82. The average Bonchev–Trinajstić information content (AvgIpc) is 2.42. The molecule has 0 N–H and O–H groups in total. The zero-order valence-corrected chi connectivity index (χ0v) is 10.4. The Bertz CT molecular complexity index is 452. The molecule has 0 amide bonds. The van der Waals surface area contributed by atoms with Gasteiger partial charge in [-0.3, -0.25) is 4.98 Å². The van der Waals surface area contributed by atoms with Gasteiger partial charge >= 0.3 is 0 Å². The summed E-state index contributed by atoms with van der Waals surface area (Å²) in [5.74, 6) is 0. The highest BCUT2D eigenvalue weighted by atomic mass is 16.3. The van der Waals surface area contributed by atoms with Crippen LogP contribution in [0.3, 0.4) is 0 Å². The minimum atomic E-state index is 0.361. The third-order valence-electron chi connectivity index (χ3n) is 2.22. The topological polar surface area (TPSA) is 67.0 Å². The SMILES string of the molecule is CCc1cccc(C/C=C/C=C/CN=NN=O)n1. The van der Waals surface area contributed by atoms with Crippen LogP contribution >= 0.6 is 0 Å². The number of aryl methyl sites for hydroxylation is 1. The molecule has 1 aromatic rings. The maximum atomic E-state index is 9.59. The summed E-state index contributed by atoms with van der Waals surface area (Å²) in [5.41, 5.74) is 2.17. The second-order valence-corrected chi connectivity index (χ2v) is 3.53. The molecule has 0 unspecified atom stereocenters. The molecule has 0 saturated carbocycles. The highest BCUT2D eigenvalue weighted by Gasteiger charge is 1.92. The Hall–Kier alpha value is -2.17. The van der Waals surface area contributed by atoms with Gasteiger partial charge in [-0.1, -0.05) is 37.3 Å². The van der Waals surface area contributed by atoms with Gasteiger partial charge < -0.3 is 0 Å². The van der Waals surface area contributed by atoms with E-state index in [1.165, 1.54) is 0 Å². The van der Waals surface area contributed by atoms with Gasteiger partial charge in [0.2, 0.25) is 0 Å². The van der Waals surface area contributed by atoms with Crippen molar-refractivity contribution >= 4 is 0 Å². The molecule has 1 heterocycles. The van der Waals surface area contributed by atoms with E-state index in [-0.39, 0.29) is 0 Å². The molecule has 0 fully saturated rings. The number of allylic oxidation sites excluding steroid dienone is 3. The van der Waals surface area contributed by atoms with Gasteiger partial charge in [-0.25, -0.2) is 0 Å². The van der Waals surface area contributed by atoms with Crippen LogP contribution in [0, 0.1) is 4.91 Å². The third kappa shape index (κ3) is 5.79. The zero-order valence-electron chi connectivity index (χ0n) is 10.4. The third-order valence-corrected chi connectivity index (χ3v) is 2.22. The van der Waals surface area contributed by atoms with Crippen molar-refractivity contribution in [1.29, 1.82) is 0 Å². The summed E-state index contributed by atoms with van der Waals surface area (Å²) in [5, 5.41) is 8.72. The van der Waals surface area contributed by atoms with Gasteiger partial charge in [0.05, 0.1) is 6.54 Å². The second kappa shape index (κ2) is 8.92. The summed E-state index contributed by atoms with van der Waals surface area (Å²) in [7, 11) is 0. The van der Waals surface area contributed by atoms with Crippen LogP contribution in [0.15, 0.2) is 58.1 Å². The minimum absolute atomic E-state index is 0.361. The lowest BCUT2D eigenvalue weighted by Gasteiger charge is -1.98. The van der Waals surface area contributed by atoms with Gasteiger partial charge in [0.1, 0.15) is 5.29 Å². The van der Waals surface area contributed by atoms with Gasteiger partial charge in [-0.15, -0.1) is 4.91 Å². The predicted octanol–water partition coefficient (Wildman–Crippen LogP) is 3.43. The van der Waals surface area contributed by atoms with Gasteiger partial charge in [0.25, 0.3) is 0 Å². The fourth-order valence-corrected chi connectivity index (χ4v) is 1.36. The Labute approximate surface area is 106 Å². The normalized spacial score (nSPS) is 11.8. The number of pyridine rings is 1. The van der Waals surface area contributed by atoms with Crippen molar-refractivity contribution in [3.05, 3.63) is 58.8 Å². The first-order chi connectivity index (χ1) is 8.86. The van der Waals surface area contributed by atoms with Crippen LogP contribution in [0.25, 0.3) is 0 Å². The van der Waals surface area contributed by atoms with E-state index in [9.17, 15) is 4.91 Å². The Morgan fingerprint density at radius 1 is 1.22 bits per heavy atom. The van der Waals surface area contributed by atoms with Crippen molar-refractivity contribution in [2.45, 2.75) is 19.8 Å². The van der Waals surface area contributed by atoms with Crippen LogP contribution in [0.2, 0.25) is 0 Å². The second-order valence-electron chi connectivity index (χ2n) is 3.53. The molecule has 94 valence electrons. The molecule has 5 heteroatoms. The maximum absolute atomic E-state index is 9.59. The molecule has 0 aliphatic carbocycles. The minimum Gasteiger partial charge on any atom is -0.258 e. The van der Waals surface area contributed by atoms with Crippen molar-refractivity contribution in [2.24, 2.45) is 15.6 Å². The highest BCUT2D eigenvalue weighted by molar-refractivity contribution is 5.15. The lowest BCUT2D eigenvalue weighted by molar-refractivity contribution is 0.958. The van der Waals surface area contributed by atoms with Crippen molar-refractivity contribution in [2.75, 3.05) is 6.54 Å². The van der Waals surface area contributed by atoms with E-state index >= 15 is 0 Å². The number of rotatable bonds is 7. The van der Waals surface area contributed by atoms with Gasteiger partial charge in [0.15, 0.2) is 0 Å². The molecule has 0 bridgehead atoms. The molecule has 0 aromatic carbocycles. The molecular formula is C13H16N4O. The molecule has 18 heavy (non-hydrogen) atoms. The zero-order chi connectivity index (χ0) is 13.1. The molecule has 0 spiro atoms. The number of aromatic nitrogens is 1. The molecule has 1 aromatic heterocycles. The van der Waals surface area contributed by atoms with Gasteiger partial charge in [0, 0.05) is 17.8 Å². The molecular weight excluding hydrogens is 228 g/mol. The molecule has 0 radical (unpaired) electrons. The van der Waals surface area contributed by atoms with Crippen molar-refractivity contribution in [1.82, 2.24) is 4.98 Å². The van der Waals surface area contributed by atoms with E-state index in [2.05, 4.69) is 27.5 Å². The van der Waals surface area contributed by atoms with Crippen LogP contribution in [0.5, 0.6) is 0 Å². The Morgan fingerprint density at radius 2 is 2.00 bits per heavy atom. The summed E-state index contributed by atoms with van der Waals surface area (Å²) >= 11 is 0. The van der Waals surface area contributed by atoms with E-state index in [4.69, 9.17) is 0 Å². The average molecular weight is 244 g/mol. The smallest absolute Gasteiger partial charge is 0.100 e. The molecule has 0 aliphatic rings. The Morgan fingerprint density at radius 3 is 2.78 bits per heavy atom. The number of nitroso groups, excluding NO2 is 1. The molecule has 0 atom stereocenters. The first kappa shape index (κ1) is 13.9. The molecule has 0 aliphatic heterocycles. The lowest BCUT2D eigenvalue weighted by Crippen LogP contribution is -1.92. The highest BCUT2D eigenvalue weighted by Crippen LogP contribution is 2.01. The van der Waals surface area contributed by atoms with Crippen LogP contribution < -0.4 is 0 Å². The van der Waals surface area contributed by atoms with Crippen molar-refractivity contribution < 1.29 is 0 Å². The quantitative estimate of drug-likeness (QED) is 0.319. The molecule has 0 saturated heterocycles. The van der Waals surface area contributed by atoms with E-state index in [1.807, 2.05) is 36.4 Å². The number of hydrogen-bond donors (Lipinski definition) is 0. The monoisotopic (exact) mass is 244 g/mol. The number of nitrogens with zero attached hydrogens (tertiary/aromatic N) is 4. The Balaban J connectivity index is 2.35. The molecule has 1 rings (SSSR count). The van der Waals surface area contributed by atoms with E-state index in [1.54, 1.807) is 6.08 Å². The van der Waals surface area contributed by atoms with Crippen LogP contribution in [0.4, 0.5) is 0 Å². The fourth-order valence-electron chi connectivity index (χ4n) is 1.36. The summed E-state index contributed by atoms with van der Waals surface area (Å²) < 4.78 is 0. The van der Waals surface area contributed by atoms with Gasteiger partial charge in [-0.05, 0) is 23.8 Å². The maximum Gasteiger partial charge on any atom is 0.100 e. The number of hydrogen-bond acceptors (Lipinski definition) is 3. The van der Waals surface area contributed by atoms with Crippen LogP contribution in [0.1, 0.15) is 18.3 Å². The van der Waals surface area contributed by atoms with Crippen molar-refractivity contribution in [3.63, 3.8) is 0 Å². The summed E-state index contributed by atoms with van der Waals surface area (Å²) in [6.45, 7) is 2.45. The van der Waals surface area contributed by atoms with Crippen molar-refractivity contribution in [3.8, 4) is 0 Å².